The Bertz CT molecular complexity index is 597. The molecule has 1 aliphatic heterocycles. The molecule has 2 aromatic rings. The Hall–Kier alpha value is -1.91. The quantitative estimate of drug-likeness (QED) is 0.833. The highest BCUT2D eigenvalue weighted by molar-refractivity contribution is 5.88. The van der Waals surface area contributed by atoms with Gasteiger partial charge in [-0.3, -0.25) is 4.98 Å². The number of methoxy groups -OCH3 is 1. The first-order valence-electron chi connectivity index (χ1n) is 6.54. The van der Waals surface area contributed by atoms with Crippen LogP contribution >= 0.6 is 0 Å². The maximum atomic E-state index is 14.2. The Morgan fingerprint density at radius 3 is 2.74 bits per heavy atom. The van der Waals surface area contributed by atoms with Crippen LogP contribution in [0, 0.1) is 5.82 Å². The lowest BCUT2D eigenvalue weighted by molar-refractivity contribution is 0.399. The van der Waals surface area contributed by atoms with Gasteiger partial charge in [0.25, 0.3) is 0 Å². The Morgan fingerprint density at radius 1 is 1.21 bits per heavy atom. The van der Waals surface area contributed by atoms with Gasteiger partial charge in [-0.25, -0.2) is 9.37 Å². The second kappa shape index (κ2) is 4.99. The van der Waals surface area contributed by atoms with Crippen LogP contribution in [-0.2, 0) is 0 Å². The smallest absolute Gasteiger partial charge is 0.213 e. The van der Waals surface area contributed by atoms with E-state index < -0.39 is 0 Å². The minimum atomic E-state index is -0.310. The third-order valence-corrected chi connectivity index (χ3v) is 3.50. The Morgan fingerprint density at radius 2 is 2.00 bits per heavy atom. The van der Waals surface area contributed by atoms with E-state index in [4.69, 9.17) is 4.74 Å². The maximum Gasteiger partial charge on any atom is 0.213 e. The summed E-state index contributed by atoms with van der Waals surface area (Å²) in [5.41, 5.74) is 1.84. The molecule has 1 fully saturated rings. The topological polar surface area (TPSA) is 38.2 Å². The monoisotopic (exact) mass is 261 g/mol. The second-order valence-corrected chi connectivity index (χ2v) is 4.72. The molecule has 0 saturated carbocycles. The third-order valence-electron chi connectivity index (χ3n) is 3.50. The highest BCUT2D eigenvalue weighted by Crippen LogP contribution is 2.30. The molecule has 5 heteroatoms. The Labute approximate surface area is 111 Å². The first-order valence-corrected chi connectivity index (χ1v) is 6.54. The molecule has 1 aliphatic rings. The molecule has 0 spiro atoms. The van der Waals surface area contributed by atoms with Gasteiger partial charge < -0.3 is 9.64 Å². The van der Waals surface area contributed by atoms with Gasteiger partial charge in [0.05, 0.1) is 18.8 Å². The molecular weight excluding hydrogens is 245 g/mol. The van der Waals surface area contributed by atoms with Gasteiger partial charge in [0.2, 0.25) is 5.88 Å². The van der Waals surface area contributed by atoms with Crippen LogP contribution in [0.3, 0.4) is 0 Å². The van der Waals surface area contributed by atoms with Gasteiger partial charge in [-0.05, 0) is 25.3 Å². The van der Waals surface area contributed by atoms with Crippen molar-refractivity contribution in [3.63, 3.8) is 0 Å². The van der Waals surface area contributed by atoms with Gasteiger partial charge in [0.15, 0.2) is 5.82 Å². The average molecular weight is 261 g/mol. The zero-order valence-electron chi connectivity index (χ0n) is 10.9. The summed E-state index contributed by atoms with van der Waals surface area (Å²) in [7, 11) is 1.56. The van der Waals surface area contributed by atoms with Crippen molar-refractivity contribution in [2.24, 2.45) is 0 Å². The molecule has 3 rings (SSSR count). The summed E-state index contributed by atoms with van der Waals surface area (Å²) in [6.07, 6.45) is 4.67. The number of nitrogens with zero attached hydrogens (tertiary/aromatic N) is 3. The fourth-order valence-corrected chi connectivity index (χ4v) is 2.54. The van der Waals surface area contributed by atoms with Crippen molar-refractivity contribution in [3.8, 4) is 5.88 Å². The lowest BCUT2D eigenvalue weighted by Gasteiger charge is -2.29. The van der Waals surface area contributed by atoms with Gasteiger partial charge in [-0.1, -0.05) is 0 Å². The first-order chi connectivity index (χ1) is 9.29. The summed E-state index contributed by atoms with van der Waals surface area (Å²) in [6.45, 7) is 1.74. The lowest BCUT2D eigenvalue weighted by atomic mass is 10.1. The third kappa shape index (κ3) is 2.20. The molecule has 0 unspecified atom stereocenters. The normalized spacial score (nSPS) is 15.8. The van der Waals surface area contributed by atoms with Crippen LogP contribution in [0.15, 0.2) is 18.3 Å². The standard InChI is InChI=1S/C14H16FN3O/c1-19-12-6-5-11-13(17-12)14(10(15)9-16-11)18-7-3-2-4-8-18/h5-6,9H,2-4,7-8H2,1H3. The first kappa shape index (κ1) is 12.1. The number of hydrogen-bond donors (Lipinski definition) is 0. The van der Waals surface area contributed by atoms with Crippen molar-refractivity contribution >= 4 is 16.7 Å². The minimum Gasteiger partial charge on any atom is -0.481 e. The number of aromatic nitrogens is 2. The molecule has 2 aromatic heterocycles. The van der Waals surface area contributed by atoms with Gasteiger partial charge in [-0.15, -0.1) is 0 Å². The van der Waals surface area contributed by atoms with Crippen molar-refractivity contribution in [2.45, 2.75) is 19.3 Å². The number of halogens is 1. The maximum absolute atomic E-state index is 14.2. The fraction of sp³-hybridized carbons (Fsp3) is 0.429. The van der Waals surface area contributed by atoms with Crippen LogP contribution in [0.2, 0.25) is 0 Å². The van der Waals surface area contributed by atoms with Crippen LogP contribution in [0.4, 0.5) is 10.1 Å². The van der Waals surface area contributed by atoms with Crippen molar-refractivity contribution in [3.05, 3.63) is 24.1 Å². The van der Waals surface area contributed by atoms with Crippen molar-refractivity contribution < 1.29 is 9.13 Å². The van der Waals surface area contributed by atoms with E-state index in [1.807, 2.05) is 6.07 Å². The van der Waals surface area contributed by atoms with Crippen LogP contribution in [0.5, 0.6) is 5.88 Å². The molecule has 0 bridgehead atoms. The molecular formula is C14H16FN3O. The summed E-state index contributed by atoms with van der Waals surface area (Å²) < 4.78 is 19.3. The van der Waals surface area contributed by atoms with Crippen molar-refractivity contribution in [1.29, 1.82) is 0 Å². The molecule has 0 atom stereocenters. The summed E-state index contributed by atoms with van der Waals surface area (Å²) >= 11 is 0. The van der Waals surface area contributed by atoms with Gasteiger partial charge in [0.1, 0.15) is 11.2 Å². The number of anilines is 1. The number of hydrogen-bond acceptors (Lipinski definition) is 4. The van der Waals surface area contributed by atoms with E-state index in [1.54, 1.807) is 13.2 Å². The number of rotatable bonds is 2. The molecule has 19 heavy (non-hydrogen) atoms. The SMILES string of the molecule is COc1ccc2ncc(F)c(N3CCCCC3)c2n1. The summed E-state index contributed by atoms with van der Waals surface area (Å²) in [6, 6.07) is 3.56. The molecule has 1 saturated heterocycles. The zero-order chi connectivity index (χ0) is 13.2. The molecule has 0 N–H and O–H groups in total. The van der Waals surface area contributed by atoms with Gasteiger partial charge >= 0.3 is 0 Å². The number of fused-ring (bicyclic) bond motifs is 1. The number of pyridine rings is 2. The number of piperidine rings is 1. The lowest BCUT2D eigenvalue weighted by Crippen LogP contribution is -2.30. The summed E-state index contributed by atoms with van der Waals surface area (Å²) in [4.78, 5) is 10.5. The molecule has 100 valence electrons. The van der Waals surface area contributed by atoms with E-state index in [2.05, 4.69) is 14.9 Å². The van der Waals surface area contributed by atoms with E-state index in [9.17, 15) is 4.39 Å². The Kier molecular flexibility index (Phi) is 3.19. The largest absolute Gasteiger partial charge is 0.481 e. The molecule has 4 nitrogen and oxygen atoms in total. The molecule has 0 amide bonds. The molecule has 0 aliphatic carbocycles. The summed E-state index contributed by atoms with van der Waals surface area (Å²) in [5, 5.41) is 0. The predicted octanol–water partition coefficient (Wildman–Crippen LogP) is 2.77. The zero-order valence-corrected chi connectivity index (χ0v) is 10.9. The van der Waals surface area contributed by atoms with Crippen molar-refractivity contribution in [1.82, 2.24) is 9.97 Å². The van der Waals surface area contributed by atoms with Crippen LogP contribution in [-0.4, -0.2) is 30.2 Å². The van der Waals surface area contributed by atoms with E-state index in [0.29, 0.717) is 22.6 Å². The predicted molar refractivity (Wildman–Crippen MR) is 72.1 cm³/mol. The fourth-order valence-electron chi connectivity index (χ4n) is 2.54. The van der Waals surface area contributed by atoms with E-state index in [0.717, 1.165) is 25.9 Å². The number of ether oxygens (including phenoxy) is 1. The Balaban J connectivity index is 2.16. The molecule has 3 heterocycles. The highest BCUT2D eigenvalue weighted by Gasteiger charge is 2.19. The molecule has 0 radical (unpaired) electrons. The van der Waals surface area contributed by atoms with Crippen LogP contribution in [0.25, 0.3) is 11.0 Å². The van der Waals surface area contributed by atoms with E-state index in [-0.39, 0.29) is 5.82 Å². The van der Waals surface area contributed by atoms with E-state index in [1.165, 1.54) is 12.6 Å². The summed E-state index contributed by atoms with van der Waals surface area (Å²) in [5.74, 6) is 0.174. The minimum absolute atomic E-state index is 0.310. The van der Waals surface area contributed by atoms with Crippen LogP contribution < -0.4 is 9.64 Å². The van der Waals surface area contributed by atoms with Gasteiger partial charge in [0, 0.05) is 19.2 Å². The van der Waals surface area contributed by atoms with Crippen molar-refractivity contribution in [2.75, 3.05) is 25.1 Å². The molecule has 0 aromatic carbocycles. The second-order valence-electron chi connectivity index (χ2n) is 4.72. The van der Waals surface area contributed by atoms with E-state index >= 15 is 0 Å². The van der Waals surface area contributed by atoms with Gasteiger partial charge in [-0.2, -0.15) is 0 Å². The average Bonchev–Trinajstić information content (AvgIpc) is 2.47. The van der Waals surface area contributed by atoms with Crippen LogP contribution in [0.1, 0.15) is 19.3 Å². The highest BCUT2D eigenvalue weighted by atomic mass is 19.1.